The molecule has 0 saturated heterocycles. The Hall–Kier alpha value is -1.67. The molecule has 3 N–H and O–H groups in total. The molecule has 1 aromatic heterocycles. The number of hydrogen-bond donors (Lipinski definition) is 2. The SMILES string of the molecule is N/C(=N/O)c1ccnnc1Oc1ccc(Br)cc1Br. The van der Waals surface area contributed by atoms with Crippen molar-refractivity contribution in [2.75, 3.05) is 0 Å². The normalized spacial score (nSPS) is 11.4. The summed E-state index contributed by atoms with van der Waals surface area (Å²) in [5.74, 6) is 0.592. The average molecular weight is 388 g/mol. The van der Waals surface area contributed by atoms with E-state index in [1.807, 2.05) is 12.1 Å². The summed E-state index contributed by atoms with van der Waals surface area (Å²) < 4.78 is 7.24. The minimum atomic E-state index is -0.0989. The first-order valence-electron chi connectivity index (χ1n) is 5.04. The minimum absolute atomic E-state index is 0.0989. The van der Waals surface area contributed by atoms with Crippen molar-refractivity contribution < 1.29 is 9.94 Å². The van der Waals surface area contributed by atoms with Crippen LogP contribution in [0.4, 0.5) is 0 Å². The molecule has 2 aromatic rings. The van der Waals surface area contributed by atoms with Gasteiger partial charge in [-0.2, -0.15) is 5.10 Å². The van der Waals surface area contributed by atoms with Crippen LogP contribution in [0.15, 0.2) is 44.6 Å². The van der Waals surface area contributed by atoms with E-state index in [9.17, 15) is 0 Å². The second kappa shape index (κ2) is 5.98. The van der Waals surface area contributed by atoms with E-state index in [1.165, 1.54) is 6.20 Å². The van der Waals surface area contributed by atoms with Crippen LogP contribution in [0, 0.1) is 0 Å². The summed E-state index contributed by atoms with van der Waals surface area (Å²) in [7, 11) is 0. The van der Waals surface area contributed by atoms with Crippen LogP contribution in [-0.2, 0) is 0 Å². The second-order valence-corrected chi connectivity index (χ2v) is 5.18. The van der Waals surface area contributed by atoms with Gasteiger partial charge in [-0.1, -0.05) is 21.1 Å². The van der Waals surface area contributed by atoms with E-state index in [4.69, 9.17) is 15.7 Å². The molecule has 1 heterocycles. The van der Waals surface area contributed by atoms with E-state index in [1.54, 1.807) is 12.1 Å². The number of hydrogen-bond acceptors (Lipinski definition) is 5. The predicted molar refractivity (Wildman–Crippen MR) is 76.5 cm³/mol. The number of halogens is 2. The van der Waals surface area contributed by atoms with Crippen molar-refractivity contribution in [3.8, 4) is 11.6 Å². The highest BCUT2D eigenvalue weighted by Gasteiger charge is 2.12. The molecule has 0 saturated carbocycles. The summed E-state index contributed by atoms with van der Waals surface area (Å²) in [5.41, 5.74) is 5.90. The van der Waals surface area contributed by atoms with Crippen molar-refractivity contribution in [2.24, 2.45) is 10.9 Å². The number of amidine groups is 1. The lowest BCUT2D eigenvalue weighted by Crippen LogP contribution is -2.15. The molecule has 0 atom stereocenters. The van der Waals surface area contributed by atoms with E-state index in [0.29, 0.717) is 11.3 Å². The summed E-state index contributed by atoms with van der Waals surface area (Å²) in [6.45, 7) is 0. The smallest absolute Gasteiger partial charge is 0.250 e. The topological polar surface area (TPSA) is 93.6 Å². The number of rotatable bonds is 3. The van der Waals surface area contributed by atoms with Gasteiger partial charge in [0.1, 0.15) is 5.75 Å². The average Bonchev–Trinajstić information content (AvgIpc) is 2.41. The third-order valence-corrected chi connectivity index (χ3v) is 3.28. The van der Waals surface area contributed by atoms with Crippen molar-refractivity contribution in [1.29, 1.82) is 0 Å². The standard InChI is InChI=1S/C11H8Br2N4O2/c12-6-1-2-9(8(13)5-6)19-11-7(10(14)17-18)3-4-15-16-11/h1-5,18H,(H2,14,17). The molecule has 0 spiro atoms. The predicted octanol–water partition coefficient (Wildman–Crippen LogP) is 2.89. The zero-order valence-corrected chi connectivity index (χ0v) is 12.6. The molecule has 8 heteroatoms. The first kappa shape index (κ1) is 13.8. The molecule has 0 fully saturated rings. The van der Waals surface area contributed by atoms with Crippen molar-refractivity contribution >= 4 is 37.7 Å². The van der Waals surface area contributed by atoms with Gasteiger partial charge in [-0.3, -0.25) is 0 Å². The zero-order valence-electron chi connectivity index (χ0n) is 9.42. The van der Waals surface area contributed by atoms with Crippen molar-refractivity contribution in [1.82, 2.24) is 10.2 Å². The molecule has 19 heavy (non-hydrogen) atoms. The fourth-order valence-corrected chi connectivity index (χ4v) is 2.43. The van der Waals surface area contributed by atoms with Gasteiger partial charge in [-0.05, 0) is 40.2 Å². The van der Waals surface area contributed by atoms with E-state index >= 15 is 0 Å². The Morgan fingerprint density at radius 3 is 2.79 bits per heavy atom. The van der Waals surface area contributed by atoms with Gasteiger partial charge in [-0.15, -0.1) is 5.10 Å². The number of nitrogens with zero attached hydrogens (tertiary/aromatic N) is 3. The van der Waals surface area contributed by atoms with Gasteiger partial charge < -0.3 is 15.7 Å². The first-order valence-corrected chi connectivity index (χ1v) is 6.63. The number of nitrogens with two attached hydrogens (primary N) is 1. The lowest BCUT2D eigenvalue weighted by atomic mass is 10.3. The van der Waals surface area contributed by atoms with Gasteiger partial charge in [0.25, 0.3) is 0 Å². The lowest BCUT2D eigenvalue weighted by molar-refractivity contribution is 0.318. The molecule has 0 radical (unpaired) electrons. The van der Waals surface area contributed by atoms with Gasteiger partial charge in [0.05, 0.1) is 16.2 Å². The zero-order chi connectivity index (χ0) is 13.8. The van der Waals surface area contributed by atoms with Gasteiger partial charge in [0.15, 0.2) is 5.84 Å². The molecular weight excluding hydrogens is 380 g/mol. The molecule has 0 bridgehead atoms. The Bertz CT molecular complexity index is 634. The van der Waals surface area contributed by atoms with Crippen molar-refractivity contribution in [3.05, 3.63) is 45.0 Å². The number of ether oxygens (including phenoxy) is 1. The molecule has 1 aromatic carbocycles. The lowest BCUT2D eigenvalue weighted by Gasteiger charge is -2.09. The monoisotopic (exact) mass is 386 g/mol. The largest absolute Gasteiger partial charge is 0.436 e. The van der Waals surface area contributed by atoms with E-state index < -0.39 is 0 Å². The molecule has 0 aliphatic heterocycles. The van der Waals surface area contributed by atoms with E-state index in [0.717, 1.165) is 8.95 Å². The van der Waals surface area contributed by atoms with Gasteiger partial charge in [-0.25, -0.2) is 0 Å². The second-order valence-electron chi connectivity index (χ2n) is 3.41. The summed E-state index contributed by atoms with van der Waals surface area (Å²) in [5, 5.41) is 19.2. The maximum Gasteiger partial charge on any atom is 0.250 e. The van der Waals surface area contributed by atoms with Crippen LogP contribution in [0.1, 0.15) is 5.56 Å². The third-order valence-electron chi connectivity index (χ3n) is 2.17. The summed E-state index contributed by atoms with van der Waals surface area (Å²) >= 11 is 6.71. The van der Waals surface area contributed by atoms with E-state index in [2.05, 4.69) is 47.2 Å². The molecule has 0 aliphatic rings. The maximum atomic E-state index is 8.71. The summed E-state index contributed by atoms with van der Waals surface area (Å²) in [6, 6.07) is 6.94. The van der Waals surface area contributed by atoms with Crippen LogP contribution in [-0.4, -0.2) is 21.2 Å². The van der Waals surface area contributed by atoms with Gasteiger partial charge >= 0.3 is 0 Å². The van der Waals surface area contributed by atoms with Crippen LogP contribution in [0.25, 0.3) is 0 Å². The van der Waals surface area contributed by atoms with Crippen molar-refractivity contribution in [3.63, 3.8) is 0 Å². The Balaban J connectivity index is 2.38. The minimum Gasteiger partial charge on any atom is -0.436 e. The van der Waals surface area contributed by atoms with Crippen LogP contribution < -0.4 is 10.5 Å². The number of benzene rings is 1. The molecule has 0 aliphatic carbocycles. The van der Waals surface area contributed by atoms with E-state index in [-0.39, 0.29) is 11.7 Å². The van der Waals surface area contributed by atoms with Gasteiger partial charge in [0.2, 0.25) is 5.88 Å². The number of aromatic nitrogens is 2. The van der Waals surface area contributed by atoms with Gasteiger partial charge in [0, 0.05) is 4.47 Å². The molecule has 0 amide bonds. The van der Waals surface area contributed by atoms with Crippen LogP contribution >= 0.6 is 31.9 Å². The van der Waals surface area contributed by atoms with Crippen LogP contribution in [0.2, 0.25) is 0 Å². The third kappa shape index (κ3) is 3.21. The first-order chi connectivity index (χ1) is 9.11. The molecule has 0 unspecified atom stereocenters. The summed E-state index contributed by atoms with van der Waals surface area (Å²) in [4.78, 5) is 0. The maximum absolute atomic E-state index is 8.71. The number of oxime groups is 1. The highest BCUT2D eigenvalue weighted by atomic mass is 79.9. The highest BCUT2D eigenvalue weighted by Crippen LogP contribution is 2.32. The molecule has 2 rings (SSSR count). The van der Waals surface area contributed by atoms with Crippen LogP contribution in [0.3, 0.4) is 0 Å². The quantitative estimate of drug-likeness (QED) is 0.365. The Morgan fingerprint density at radius 1 is 1.32 bits per heavy atom. The Labute approximate surface area is 125 Å². The fourth-order valence-electron chi connectivity index (χ4n) is 1.31. The summed E-state index contributed by atoms with van der Waals surface area (Å²) in [6.07, 6.45) is 1.43. The fraction of sp³-hybridized carbons (Fsp3) is 0. The van der Waals surface area contributed by atoms with Crippen LogP contribution in [0.5, 0.6) is 11.6 Å². The molecule has 98 valence electrons. The molecule has 6 nitrogen and oxygen atoms in total. The van der Waals surface area contributed by atoms with Crippen molar-refractivity contribution in [2.45, 2.75) is 0 Å². The Kier molecular flexibility index (Phi) is 4.33. The Morgan fingerprint density at radius 2 is 2.11 bits per heavy atom. The highest BCUT2D eigenvalue weighted by molar-refractivity contribution is 9.11. The molecular formula is C11H8Br2N4O2.